The zero-order chi connectivity index (χ0) is 17.8. The first kappa shape index (κ1) is 21.1. The Hall–Kier alpha value is -0.910. The zero-order valence-corrected chi connectivity index (χ0v) is 16.8. The minimum Gasteiger partial charge on any atom is -0.357 e. The number of thioether (sulfide) groups is 1. The van der Waals surface area contributed by atoms with Gasteiger partial charge < -0.3 is 15.5 Å². The molecule has 140 valence electrons. The molecule has 1 saturated heterocycles. The first-order valence-electron chi connectivity index (χ1n) is 9.48. The van der Waals surface area contributed by atoms with Crippen LogP contribution in [-0.2, 0) is 4.79 Å². The molecule has 1 aliphatic rings. The molecule has 1 rings (SSSR count). The van der Waals surface area contributed by atoms with Crippen molar-refractivity contribution in [3.05, 3.63) is 0 Å². The average Bonchev–Trinajstić information content (AvgIpc) is 2.60. The van der Waals surface area contributed by atoms with Gasteiger partial charge in [0.05, 0.1) is 0 Å². The number of carbonyl (C=O) groups excluding carboxylic acids is 1. The second-order valence-electron chi connectivity index (χ2n) is 6.36. The summed E-state index contributed by atoms with van der Waals surface area (Å²) < 4.78 is 0. The number of hydrogen-bond acceptors (Lipinski definition) is 3. The molecule has 0 aromatic carbocycles. The summed E-state index contributed by atoms with van der Waals surface area (Å²) in [5.74, 6) is 2.61. The van der Waals surface area contributed by atoms with Gasteiger partial charge in [0.25, 0.3) is 0 Å². The van der Waals surface area contributed by atoms with Crippen LogP contribution in [0.5, 0.6) is 0 Å². The molecule has 0 aromatic heterocycles. The van der Waals surface area contributed by atoms with Gasteiger partial charge in [-0.15, -0.1) is 0 Å². The Bertz CT molecular complexity index is 377. The van der Waals surface area contributed by atoms with Crippen LogP contribution >= 0.6 is 11.8 Å². The highest BCUT2D eigenvalue weighted by atomic mass is 32.2. The lowest BCUT2D eigenvalue weighted by atomic mass is 9.98. The molecule has 1 heterocycles. The van der Waals surface area contributed by atoms with Crippen molar-refractivity contribution in [1.82, 2.24) is 15.5 Å². The maximum atomic E-state index is 12.5. The third-order valence-electron chi connectivity index (χ3n) is 4.60. The first-order chi connectivity index (χ1) is 11.7. The van der Waals surface area contributed by atoms with E-state index in [1.807, 2.05) is 11.8 Å². The van der Waals surface area contributed by atoms with Crippen molar-refractivity contribution in [3.8, 4) is 0 Å². The number of rotatable bonds is 9. The Morgan fingerprint density at radius 3 is 2.46 bits per heavy atom. The molecule has 2 N–H and O–H groups in total. The molecular formula is C18H36N4OS. The molecule has 24 heavy (non-hydrogen) atoms. The van der Waals surface area contributed by atoms with Crippen molar-refractivity contribution in [2.45, 2.75) is 58.9 Å². The van der Waals surface area contributed by atoms with E-state index >= 15 is 0 Å². The fourth-order valence-corrected chi connectivity index (χ4v) is 3.47. The van der Waals surface area contributed by atoms with Gasteiger partial charge in [-0.2, -0.15) is 11.8 Å². The van der Waals surface area contributed by atoms with Gasteiger partial charge >= 0.3 is 0 Å². The third kappa shape index (κ3) is 7.32. The summed E-state index contributed by atoms with van der Waals surface area (Å²) in [6.45, 7) is 9.77. The topological polar surface area (TPSA) is 56.7 Å². The van der Waals surface area contributed by atoms with E-state index in [1.165, 1.54) is 0 Å². The number of likely N-dealkylation sites (tertiary alicyclic amines) is 1. The molecule has 6 heteroatoms. The van der Waals surface area contributed by atoms with Crippen molar-refractivity contribution in [3.63, 3.8) is 0 Å². The molecule has 0 aromatic rings. The van der Waals surface area contributed by atoms with Gasteiger partial charge in [0, 0.05) is 38.1 Å². The second kappa shape index (κ2) is 12.5. The van der Waals surface area contributed by atoms with Crippen LogP contribution in [0.15, 0.2) is 4.99 Å². The molecule has 0 atom stereocenters. The highest BCUT2D eigenvalue weighted by molar-refractivity contribution is 7.98. The SMILES string of the molecule is CCNC(=NCCCSC)NC1CCN(C(=O)C(CC)CC)CC1. The first-order valence-corrected chi connectivity index (χ1v) is 10.9. The lowest BCUT2D eigenvalue weighted by molar-refractivity contribution is -0.136. The largest absolute Gasteiger partial charge is 0.357 e. The predicted octanol–water partition coefficient (Wildman–Crippen LogP) is 2.72. The maximum absolute atomic E-state index is 12.5. The summed E-state index contributed by atoms with van der Waals surface area (Å²) in [4.78, 5) is 19.2. The standard InChI is InChI=1S/C18H36N4OS/c1-5-15(6-2)17(23)22-12-9-16(10-13-22)21-18(19-7-3)20-11-8-14-24-4/h15-16H,5-14H2,1-4H3,(H2,19,20,21). The lowest BCUT2D eigenvalue weighted by Gasteiger charge is -2.34. The van der Waals surface area contributed by atoms with Crippen molar-refractivity contribution >= 4 is 23.6 Å². The van der Waals surface area contributed by atoms with Crippen LogP contribution in [0.1, 0.15) is 52.9 Å². The number of guanidine groups is 1. The smallest absolute Gasteiger partial charge is 0.225 e. The molecule has 1 amide bonds. The van der Waals surface area contributed by atoms with Gasteiger partial charge in [-0.25, -0.2) is 0 Å². The van der Waals surface area contributed by atoms with Crippen LogP contribution in [0, 0.1) is 5.92 Å². The Labute approximate surface area is 152 Å². The number of aliphatic imine (C=N–C) groups is 1. The van der Waals surface area contributed by atoms with E-state index in [9.17, 15) is 4.79 Å². The number of nitrogens with one attached hydrogen (secondary N) is 2. The molecule has 0 radical (unpaired) electrons. The Morgan fingerprint density at radius 2 is 1.92 bits per heavy atom. The molecule has 0 saturated carbocycles. The molecule has 1 fully saturated rings. The van der Waals surface area contributed by atoms with E-state index in [-0.39, 0.29) is 5.92 Å². The molecular weight excluding hydrogens is 320 g/mol. The summed E-state index contributed by atoms with van der Waals surface area (Å²) in [7, 11) is 0. The summed E-state index contributed by atoms with van der Waals surface area (Å²) >= 11 is 1.86. The highest BCUT2D eigenvalue weighted by Crippen LogP contribution is 2.17. The van der Waals surface area contributed by atoms with E-state index in [0.717, 1.165) is 70.0 Å². The van der Waals surface area contributed by atoms with E-state index in [4.69, 9.17) is 0 Å². The minimum absolute atomic E-state index is 0.199. The van der Waals surface area contributed by atoms with Crippen molar-refractivity contribution in [2.24, 2.45) is 10.9 Å². The van der Waals surface area contributed by atoms with Gasteiger partial charge in [0.1, 0.15) is 0 Å². The Kier molecular flexibility index (Phi) is 11.0. The van der Waals surface area contributed by atoms with Crippen LogP contribution < -0.4 is 10.6 Å². The van der Waals surface area contributed by atoms with Gasteiger partial charge in [0.2, 0.25) is 5.91 Å². The zero-order valence-electron chi connectivity index (χ0n) is 15.9. The number of piperidine rings is 1. The van der Waals surface area contributed by atoms with E-state index in [2.05, 4.69) is 47.6 Å². The predicted molar refractivity (Wildman–Crippen MR) is 106 cm³/mol. The molecule has 0 aliphatic carbocycles. The van der Waals surface area contributed by atoms with Crippen LogP contribution in [0.3, 0.4) is 0 Å². The van der Waals surface area contributed by atoms with Gasteiger partial charge in [0.15, 0.2) is 5.96 Å². The minimum atomic E-state index is 0.199. The second-order valence-corrected chi connectivity index (χ2v) is 7.35. The van der Waals surface area contributed by atoms with Crippen LogP contribution in [0.2, 0.25) is 0 Å². The summed E-state index contributed by atoms with van der Waals surface area (Å²) in [6, 6.07) is 0.411. The third-order valence-corrected chi connectivity index (χ3v) is 5.30. The maximum Gasteiger partial charge on any atom is 0.225 e. The fraction of sp³-hybridized carbons (Fsp3) is 0.889. The normalized spacial score (nSPS) is 16.5. The van der Waals surface area contributed by atoms with Crippen LogP contribution in [0.25, 0.3) is 0 Å². The molecule has 1 aliphatic heterocycles. The summed E-state index contributed by atoms with van der Waals surface area (Å²) in [5, 5.41) is 6.87. The quantitative estimate of drug-likeness (QED) is 0.379. The fourth-order valence-electron chi connectivity index (χ4n) is 3.05. The van der Waals surface area contributed by atoms with E-state index in [1.54, 1.807) is 0 Å². The summed E-state index contributed by atoms with van der Waals surface area (Å²) in [5.41, 5.74) is 0. The Morgan fingerprint density at radius 1 is 1.25 bits per heavy atom. The van der Waals surface area contributed by atoms with Gasteiger partial charge in [-0.05, 0) is 51.0 Å². The van der Waals surface area contributed by atoms with Crippen molar-refractivity contribution < 1.29 is 4.79 Å². The number of hydrogen-bond donors (Lipinski definition) is 2. The average molecular weight is 357 g/mol. The lowest BCUT2D eigenvalue weighted by Crippen LogP contribution is -2.50. The van der Waals surface area contributed by atoms with Crippen molar-refractivity contribution in [2.75, 3.05) is 38.2 Å². The van der Waals surface area contributed by atoms with Crippen LogP contribution in [-0.4, -0.2) is 61.0 Å². The summed E-state index contributed by atoms with van der Waals surface area (Å²) in [6.07, 6.45) is 7.13. The molecule has 0 bridgehead atoms. The molecule has 5 nitrogen and oxygen atoms in total. The number of nitrogens with zero attached hydrogens (tertiary/aromatic N) is 2. The Balaban J connectivity index is 2.43. The van der Waals surface area contributed by atoms with E-state index < -0.39 is 0 Å². The monoisotopic (exact) mass is 356 g/mol. The van der Waals surface area contributed by atoms with Crippen molar-refractivity contribution in [1.29, 1.82) is 0 Å². The molecule has 0 spiro atoms. The van der Waals surface area contributed by atoms with E-state index in [0.29, 0.717) is 11.9 Å². The van der Waals surface area contributed by atoms with Gasteiger partial charge in [-0.3, -0.25) is 9.79 Å². The number of carbonyl (C=O) groups is 1. The van der Waals surface area contributed by atoms with Gasteiger partial charge in [-0.1, -0.05) is 13.8 Å². The number of amides is 1. The highest BCUT2D eigenvalue weighted by Gasteiger charge is 2.26. The van der Waals surface area contributed by atoms with Crippen LogP contribution in [0.4, 0.5) is 0 Å². The molecule has 0 unspecified atom stereocenters.